The lowest BCUT2D eigenvalue weighted by atomic mass is 10.2. The van der Waals surface area contributed by atoms with E-state index in [1.54, 1.807) is 0 Å². The van der Waals surface area contributed by atoms with Gasteiger partial charge in [0.05, 0.1) is 0 Å². The van der Waals surface area contributed by atoms with Gasteiger partial charge in [-0.05, 0) is 0 Å². The van der Waals surface area contributed by atoms with Crippen molar-refractivity contribution in [2.75, 3.05) is 0 Å². The number of rotatable bonds is 0. The second-order valence-corrected chi connectivity index (χ2v) is 2.10. The van der Waals surface area contributed by atoms with Crippen molar-refractivity contribution < 1.29 is 30.8 Å². The van der Waals surface area contributed by atoms with Crippen molar-refractivity contribution in [2.24, 2.45) is 0 Å². The lowest BCUT2D eigenvalue weighted by Crippen LogP contribution is -2.13. The van der Waals surface area contributed by atoms with Crippen LogP contribution in [-0.2, 0) is 12.4 Å². The van der Waals surface area contributed by atoms with E-state index in [0.29, 0.717) is 0 Å². The summed E-state index contributed by atoms with van der Waals surface area (Å²) in [5.41, 5.74) is -1.86. The second-order valence-electron chi connectivity index (χ2n) is 2.10. The van der Waals surface area contributed by atoms with Gasteiger partial charge in [0, 0.05) is 6.07 Å². The number of furan rings is 1. The molecule has 0 saturated heterocycles. The number of hydrogen-bond acceptors (Lipinski definition) is 1. The van der Waals surface area contributed by atoms with Crippen LogP contribution in [0.1, 0.15) is 11.3 Å². The van der Waals surface area contributed by atoms with Crippen molar-refractivity contribution in [3.8, 4) is 0 Å². The van der Waals surface area contributed by atoms with Gasteiger partial charge < -0.3 is 4.42 Å². The summed E-state index contributed by atoms with van der Waals surface area (Å²) in [6.45, 7) is 0. The molecule has 13 heavy (non-hydrogen) atoms. The number of hydrogen-bond donors (Lipinski definition) is 0. The first-order valence-electron chi connectivity index (χ1n) is 2.87. The van der Waals surface area contributed by atoms with Crippen molar-refractivity contribution in [1.29, 1.82) is 0 Å². The van der Waals surface area contributed by atoms with Gasteiger partial charge >= 0.3 is 12.4 Å². The molecule has 0 fully saturated rings. The molecule has 0 atom stereocenters. The second kappa shape index (κ2) is 2.68. The molecule has 1 radical (unpaired) electrons. The van der Waals surface area contributed by atoms with E-state index >= 15 is 0 Å². The highest BCUT2D eigenvalue weighted by molar-refractivity contribution is 5.22. The number of halogens is 6. The molecular weight excluding hydrogens is 202 g/mol. The van der Waals surface area contributed by atoms with Crippen molar-refractivity contribution in [3.63, 3.8) is 0 Å². The average Bonchev–Trinajstić information content (AvgIpc) is 2.27. The highest BCUT2D eigenvalue weighted by Crippen LogP contribution is 2.40. The van der Waals surface area contributed by atoms with Crippen molar-refractivity contribution >= 4 is 0 Å². The third-order valence-corrected chi connectivity index (χ3v) is 1.17. The highest BCUT2D eigenvalue weighted by atomic mass is 19.4. The predicted octanol–water partition coefficient (Wildman–Crippen LogP) is 3.12. The topological polar surface area (TPSA) is 13.1 Å². The van der Waals surface area contributed by atoms with Gasteiger partial charge in [-0.3, -0.25) is 0 Å². The molecule has 0 bridgehead atoms. The van der Waals surface area contributed by atoms with E-state index in [4.69, 9.17) is 0 Å². The van der Waals surface area contributed by atoms with Gasteiger partial charge in [0.25, 0.3) is 0 Å². The maximum atomic E-state index is 11.8. The molecule has 1 rings (SSSR count). The third kappa shape index (κ3) is 1.96. The summed E-state index contributed by atoms with van der Waals surface area (Å²) < 4.78 is 74.5. The maximum absolute atomic E-state index is 11.8. The lowest BCUT2D eigenvalue weighted by Gasteiger charge is -2.08. The summed E-state index contributed by atoms with van der Waals surface area (Å²) in [6, 6.07) is 0.114. The van der Waals surface area contributed by atoms with E-state index in [1.165, 1.54) is 6.26 Å². The Hall–Kier alpha value is -1.14. The van der Waals surface area contributed by atoms with E-state index < -0.39 is 23.7 Å². The molecule has 0 aliphatic heterocycles. The van der Waals surface area contributed by atoms with E-state index in [2.05, 4.69) is 4.42 Å². The fraction of sp³-hybridized carbons (Fsp3) is 0.333. The summed E-state index contributed by atoms with van der Waals surface area (Å²) in [4.78, 5) is 0. The molecule has 0 spiro atoms. The molecule has 0 N–H and O–H groups in total. The molecule has 0 aliphatic rings. The Bertz CT molecular complexity index is 264. The van der Waals surface area contributed by atoms with Crippen LogP contribution in [0, 0.1) is 6.26 Å². The van der Waals surface area contributed by atoms with Crippen LogP contribution in [0.4, 0.5) is 26.3 Å². The SMILES string of the molecule is FC(F)(F)c1c[c]oc1C(F)(F)F. The van der Waals surface area contributed by atoms with Crippen molar-refractivity contribution in [1.82, 2.24) is 0 Å². The third-order valence-electron chi connectivity index (χ3n) is 1.17. The van der Waals surface area contributed by atoms with Gasteiger partial charge in [0.15, 0.2) is 6.26 Å². The summed E-state index contributed by atoms with van der Waals surface area (Å²) in [5, 5.41) is 0. The van der Waals surface area contributed by atoms with Gasteiger partial charge in [0.2, 0.25) is 5.76 Å². The normalized spacial score (nSPS) is 13.4. The Morgan fingerprint density at radius 3 is 1.85 bits per heavy atom. The van der Waals surface area contributed by atoms with E-state index in [0.717, 1.165) is 0 Å². The quantitative estimate of drug-likeness (QED) is 0.590. The standard InChI is InChI=1S/C6HF6O/c7-5(8,9)3-1-2-13-4(3)6(10,11)12/h1H. The fourth-order valence-electron chi connectivity index (χ4n) is 0.689. The minimum atomic E-state index is -5.15. The molecule has 73 valence electrons. The zero-order valence-corrected chi connectivity index (χ0v) is 5.75. The minimum absolute atomic E-state index is 0.114. The monoisotopic (exact) mass is 203 g/mol. The summed E-state index contributed by atoms with van der Waals surface area (Å²) in [5.74, 6) is -2.07. The van der Waals surface area contributed by atoms with Gasteiger partial charge in [-0.1, -0.05) is 0 Å². The van der Waals surface area contributed by atoms with Crippen LogP contribution >= 0.6 is 0 Å². The Balaban J connectivity index is 3.19. The minimum Gasteiger partial charge on any atom is -0.448 e. The van der Waals surface area contributed by atoms with Crippen LogP contribution in [0.3, 0.4) is 0 Å². The van der Waals surface area contributed by atoms with Crippen molar-refractivity contribution in [3.05, 3.63) is 23.7 Å². The predicted molar refractivity (Wildman–Crippen MR) is 27.5 cm³/mol. The lowest BCUT2D eigenvalue weighted by molar-refractivity contribution is -0.172. The first-order valence-corrected chi connectivity index (χ1v) is 2.87. The molecule has 0 aromatic carbocycles. The molecule has 1 aromatic heterocycles. The first-order chi connectivity index (χ1) is 5.73. The summed E-state index contributed by atoms with van der Waals surface area (Å²) in [7, 11) is 0. The van der Waals surface area contributed by atoms with E-state index in [-0.39, 0.29) is 6.07 Å². The van der Waals surface area contributed by atoms with Gasteiger partial charge in [-0.15, -0.1) is 0 Å². The van der Waals surface area contributed by atoms with Crippen LogP contribution in [0.5, 0.6) is 0 Å². The largest absolute Gasteiger partial charge is 0.450 e. The van der Waals surface area contributed by atoms with Crippen LogP contribution in [0.25, 0.3) is 0 Å². The summed E-state index contributed by atoms with van der Waals surface area (Å²) in [6.07, 6.45) is -8.83. The molecule has 0 amide bonds. The van der Waals surface area contributed by atoms with Crippen LogP contribution in [0.15, 0.2) is 10.5 Å². The average molecular weight is 203 g/mol. The van der Waals surface area contributed by atoms with E-state index in [1.807, 2.05) is 0 Å². The molecule has 7 heteroatoms. The highest BCUT2D eigenvalue weighted by Gasteiger charge is 2.46. The smallest absolute Gasteiger partial charge is 0.448 e. The Labute approximate surface area is 67.9 Å². The zero-order valence-electron chi connectivity index (χ0n) is 5.75. The zero-order chi connectivity index (χ0) is 10.3. The van der Waals surface area contributed by atoms with E-state index in [9.17, 15) is 26.3 Å². The Morgan fingerprint density at radius 1 is 1.00 bits per heavy atom. The molecule has 1 aromatic rings. The van der Waals surface area contributed by atoms with Gasteiger partial charge in [-0.2, -0.15) is 26.3 Å². The molecule has 0 aliphatic carbocycles. The Kier molecular flexibility index (Phi) is 2.05. The van der Waals surface area contributed by atoms with Crippen LogP contribution in [0.2, 0.25) is 0 Å². The van der Waals surface area contributed by atoms with Crippen LogP contribution < -0.4 is 0 Å². The fourth-order valence-corrected chi connectivity index (χ4v) is 0.689. The summed E-state index contributed by atoms with van der Waals surface area (Å²) >= 11 is 0. The molecule has 0 saturated carbocycles. The number of alkyl halides is 6. The Morgan fingerprint density at radius 2 is 1.54 bits per heavy atom. The van der Waals surface area contributed by atoms with Gasteiger partial charge in [0.1, 0.15) is 5.56 Å². The molecular formula is C6HF6O. The van der Waals surface area contributed by atoms with Gasteiger partial charge in [-0.25, -0.2) is 0 Å². The molecule has 0 unspecified atom stereocenters. The molecule has 1 heterocycles. The molecule has 1 nitrogen and oxygen atoms in total. The maximum Gasteiger partial charge on any atom is 0.450 e. The first kappa shape index (κ1) is 9.94. The van der Waals surface area contributed by atoms with Crippen molar-refractivity contribution in [2.45, 2.75) is 12.4 Å². The van der Waals surface area contributed by atoms with Crippen LogP contribution in [-0.4, -0.2) is 0 Å².